The molecule has 3 amide bonds. The molecule has 0 aromatic heterocycles. The fourth-order valence-corrected chi connectivity index (χ4v) is 3.34. The summed E-state index contributed by atoms with van der Waals surface area (Å²) in [6, 6.07) is -3.85. The molecule has 192 valence electrons. The summed E-state index contributed by atoms with van der Waals surface area (Å²) in [5.41, 5.74) is 16.9. The molecule has 0 aliphatic heterocycles. The lowest BCUT2D eigenvalue weighted by Gasteiger charge is -2.26. The van der Waals surface area contributed by atoms with Crippen molar-refractivity contribution >= 4 is 36.3 Å². The van der Waals surface area contributed by atoms with Crippen molar-refractivity contribution in [1.29, 1.82) is 0 Å². The number of carboxylic acid groups (broad SMARTS) is 1. The Bertz CT molecular complexity index is 624. The van der Waals surface area contributed by atoms with Crippen LogP contribution >= 0.6 is 12.6 Å². The molecule has 10 N–H and O–H groups in total. The highest BCUT2D eigenvalue weighted by atomic mass is 32.1. The Kier molecular flexibility index (Phi) is 16.6. The normalized spacial score (nSPS) is 15.6. The van der Waals surface area contributed by atoms with Gasteiger partial charge in [0.2, 0.25) is 17.7 Å². The molecule has 0 bridgehead atoms. The van der Waals surface area contributed by atoms with Gasteiger partial charge in [-0.25, -0.2) is 4.79 Å². The van der Waals surface area contributed by atoms with E-state index >= 15 is 0 Å². The minimum atomic E-state index is -1.16. The molecule has 0 aliphatic rings. The first-order valence-electron chi connectivity index (χ1n) is 11.5. The highest BCUT2D eigenvalue weighted by Gasteiger charge is 2.31. The van der Waals surface area contributed by atoms with Crippen LogP contribution in [0.5, 0.6) is 0 Å². The first kappa shape index (κ1) is 31.1. The molecule has 0 aromatic rings. The Morgan fingerprint density at radius 2 is 1.36 bits per heavy atom. The monoisotopic (exact) mass is 490 g/mol. The third kappa shape index (κ3) is 12.2. The lowest BCUT2D eigenvalue weighted by atomic mass is 9.99. The number of hydrogen-bond acceptors (Lipinski definition) is 8. The van der Waals surface area contributed by atoms with E-state index in [2.05, 4.69) is 28.6 Å². The van der Waals surface area contributed by atoms with E-state index in [9.17, 15) is 24.3 Å². The largest absolute Gasteiger partial charge is 0.480 e. The fraction of sp³-hybridized carbons (Fsp3) is 0.810. The van der Waals surface area contributed by atoms with Gasteiger partial charge in [0.15, 0.2) is 0 Å². The van der Waals surface area contributed by atoms with Gasteiger partial charge in [0, 0.05) is 5.75 Å². The van der Waals surface area contributed by atoms with Crippen LogP contribution in [0.2, 0.25) is 0 Å². The van der Waals surface area contributed by atoms with Gasteiger partial charge in [-0.15, -0.1) is 0 Å². The Morgan fingerprint density at radius 3 is 1.85 bits per heavy atom. The van der Waals surface area contributed by atoms with E-state index < -0.39 is 47.9 Å². The molecule has 0 aromatic carbocycles. The van der Waals surface area contributed by atoms with E-state index in [1.54, 1.807) is 6.92 Å². The summed E-state index contributed by atoms with van der Waals surface area (Å²) < 4.78 is 0. The lowest BCUT2D eigenvalue weighted by Crippen LogP contribution is -2.58. The van der Waals surface area contributed by atoms with Crippen molar-refractivity contribution in [3.05, 3.63) is 0 Å². The molecule has 0 aliphatic carbocycles. The van der Waals surface area contributed by atoms with Gasteiger partial charge < -0.3 is 38.3 Å². The van der Waals surface area contributed by atoms with Crippen LogP contribution in [0.1, 0.15) is 58.8 Å². The van der Waals surface area contributed by atoms with Gasteiger partial charge in [-0.1, -0.05) is 26.7 Å². The highest BCUT2D eigenvalue weighted by Crippen LogP contribution is 2.09. The van der Waals surface area contributed by atoms with Crippen molar-refractivity contribution < 1.29 is 24.3 Å². The molecule has 0 heterocycles. The molecule has 12 heteroatoms. The maximum Gasteiger partial charge on any atom is 0.326 e. The van der Waals surface area contributed by atoms with Crippen molar-refractivity contribution in [2.24, 2.45) is 23.1 Å². The Labute approximate surface area is 201 Å². The Hall–Kier alpha value is -1.89. The third-order valence-corrected chi connectivity index (χ3v) is 5.84. The van der Waals surface area contributed by atoms with E-state index in [0.717, 1.165) is 6.42 Å². The zero-order chi connectivity index (χ0) is 25.4. The van der Waals surface area contributed by atoms with E-state index in [1.165, 1.54) is 0 Å². The maximum atomic E-state index is 12.9. The molecule has 0 saturated heterocycles. The number of aliphatic carboxylic acids is 1. The third-order valence-electron chi connectivity index (χ3n) is 5.48. The van der Waals surface area contributed by atoms with Crippen LogP contribution in [0.15, 0.2) is 0 Å². The molecule has 0 radical (unpaired) electrons. The number of nitrogens with two attached hydrogens (primary N) is 3. The second-order valence-corrected chi connectivity index (χ2v) is 8.56. The van der Waals surface area contributed by atoms with Gasteiger partial charge in [-0.05, 0) is 51.1 Å². The average molecular weight is 491 g/mol. The second-order valence-electron chi connectivity index (χ2n) is 8.19. The zero-order valence-corrected chi connectivity index (χ0v) is 20.6. The number of carbonyl (C=O) groups excluding carboxylic acids is 3. The predicted molar refractivity (Wildman–Crippen MR) is 131 cm³/mol. The lowest BCUT2D eigenvalue weighted by molar-refractivity contribution is -0.143. The number of carboxylic acids is 1. The molecule has 0 saturated carbocycles. The van der Waals surface area contributed by atoms with E-state index in [1.807, 2.05) is 6.92 Å². The number of amides is 3. The summed E-state index contributed by atoms with van der Waals surface area (Å²) in [5, 5.41) is 17.1. The molecule has 33 heavy (non-hydrogen) atoms. The summed E-state index contributed by atoms with van der Waals surface area (Å²) >= 11 is 4.13. The van der Waals surface area contributed by atoms with Crippen molar-refractivity contribution in [3.8, 4) is 0 Å². The summed E-state index contributed by atoms with van der Waals surface area (Å²) in [7, 11) is 0. The Balaban J connectivity index is 5.22. The van der Waals surface area contributed by atoms with Crippen LogP contribution in [-0.2, 0) is 19.2 Å². The number of unbranched alkanes of at least 4 members (excludes halogenated alkanes) is 2. The average Bonchev–Trinajstić information content (AvgIpc) is 2.79. The van der Waals surface area contributed by atoms with Gasteiger partial charge in [-0.3, -0.25) is 14.4 Å². The predicted octanol–water partition coefficient (Wildman–Crippen LogP) is -0.913. The number of rotatable bonds is 18. The van der Waals surface area contributed by atoms with Crippen LogP contribution in [0.25, 0.3) is 0 Å². The molecule has 5 unspecified atom stereocenters. The molecular weight excluding hydrogens is 448 g/mol. The van der Waals surface area contributed by atoms with Gasteiger partial charge in [0.05, 0.1) is 6.04 Å². The summed E-state index contributed by atoms with van der Waals surface area (Å²) in [5.74, 6) is -3.19. The summed E-state index contributed by atoms with van der Waals surface area (Å²) in [6.45, 7) is 4.48. The zero-order valence-electron chi connectivity index (χ0n) is 19.7. The first-order valence-corrected chi connectivity index (χ1v) is 12.2. The topological polar surface area (TPSA) is 203 Å². The highest BCUT2D eigenvalue weighted by molar-refractivity contribution is 7.80. The van der Waals surface area contributed by atoms with Crippen LogP contribution < -0.4 is 33.2 Å². The quantitative estimate of drug-likeness (QED) is 0.0890. The van der Waals surface area contributed by atoms with Crippen LogP contribution in [-0.4, -0.2) is 71.8 Å². The second kappa shape index (κ2) is 17.6. The number of thiol groups is 1. The minimum Gasteiger partial charge on any atom is -0.480 e. The van der Waals surface area contributed by atoms with Crippen molar-refractivity contribution in [2.45, 2.75) is 83.0 Å². The van der Waals surface area contributed by atoms with Gasteiger partial charge in [0.1, 0.15) is 18.1 Å². The van der Waals surface area contributed by atoms with Gasteiger partial charge in [-0.2, -0.15) is 12.6 Å². The van der Waals surface area contributed by atoms with E-state index in [-0.39, 0.29) is 11.7 Å². The van der Waals surface area contributed by atoms with Crippen LogP contribution in [0, 0.1) is 5.92 Å². The number of hydrogen-bond donors (Lipinski definition) is 8. The molecule has 0 rings (SSSR count). The van der Waals surface area contributed by atoms with E-state index in [0.29, 0.717) is 51.6 Å². The van der Waals surface area contributed by atoms with Crippen molar-refractivity contribution in [2.75, 3.05) is 18.8 Å². The SMILES string of the molecule is CCC(C)C(NC(=O)C(CS)NC(=O)C(CCCCN)NC(=O)C(N)CCCCN)C(=O)O. The standard InChI is InChI=1S/C21H42N6O5S/c1-3-13(2)17(21(31)32)27-20(30)16(12-33)26-19(29)15(9-5-7-11-23)25-18(28)14(24)8-4-6-10-22/h13-17,33H,3-12,22-24H2,1-2H3,(H,25,28)(H,26,29)(H,27,30)(H,31,32). The van der Waals surface area contributed by atoms with E-state index in [4.69, 9.17) is 17.2 Å². The Morgan fingerprint density at radius 1 is 0.848 bits per heavy atom. The van der Waals surface area contributed by atoms with Crippen LogP contribution in [0.4, 0.5) is 0 Å². The van der Waals surface area contributed by atoms with Crippen molar-refractivity contribution in [1.82, 2.24) is 16.0 Å². The molecule has 0 fully saturated rings. The number of nitrogens with one attached hydrogen (secondary N) is 3. The first-order chi connectivity index (χ1) is 15.6. The molecule has 11 nitrogen and oxygen atoms in total. The summed E-state index contributed by atoms with van der Waals surface area (Å²) in [4.78, 5) is 49.5. The number of carbonyl (C=O) groups is 4. The van der Waals surface area contributed by atoms with Gasteiger partial charge in [0.25, 0.3) is 0 Å². The van der Waals surface area contributed by atoms with Crippen LogP contribution in [0.3, 0.4) is 0 Å². The molecule has 0 spiro atoms. The smallest absolute Gasteiger partial charge is 0.326 e. The summed E-state index contributed by atoms with van der Waals surface area (Å²) in [6.07, 6.45) is 3.99. The molecule has 5 atom stereocenters. The molecular formula is C21H42N6O5S. The van der Waals surface area contributed by atoms with Crippen molar-refractivity contribution in [3.63, 3.8) is 0 Å². The fourth-order valence-electron chi connectivity index (χ4n) is 3.08. The minimum absolute atomic E-state index is 0.0491. The van der Waals surface area contributed by atoms with Gasteiger partial charge >= 0.3 is 5.97 Å². The maximum absolute atomic E-state index is 12.9.